The van der Waals surface area contributed by atoms with Crippen LogP contribution < -0.4 is 11.1 Å². The minimum Gasteiger partial charge on any atom is -0.409 e. The molecule has 0 bridgehead atoms. The van der Waals surface area contributed by atoms with Crippen molar-refractivity contribution < 1.29 is 14.2 Å². The molecule has 2 aromatic heterocycles. The second-order valence-electron chi connectivity index (χ2n) is 4.46. The van der Waals surface area contributed by atoms with Crippen LogP contribution in [-0.4, -0.2) is 41.6 Å². The summed E-state index contributed by atoms with van der Waals surface area (Å²) in [6, 6.07) is 4.16. The van der Waals surface area contributed by atoms with E-state index in [4.69, 9.17) is 5.73 Å². The number of rotatable bonds is 4. The van der Waals surface area contributed by atoms with Gasteiger partial charge in [0.05, 0.1) is 11.0 Å². The molecule has 24 heavy (non-hydrogen) atoms. The van der Waals surface area contributed by atoms with Crippen molar-refractivity contribution in [2.75, 3.05) is 11.1 Å². The zero-order valence-corrected chi connectivity index (χ0v) is 13.3. The molecule has 0 aliphatic rings. The molecule has 4 N–H and O–H groups in total. The SMILES string of the molecule is Nc1nnnn1Cc1nonc1/C(=N\O)Nc1ccc(F)c(Br)c1. The fourth-order valence-electron chi connectivity index (χ4n) is 1.80. The Morgan fingerprint density at radius 2 is 2.29 bits per heavy atom. The number of nitrogen functional groups attached to an aromatic ring is 1. The summed E-state index contributed by atoms with van der Waals surface area (Å²) in [7, 11) is 0. The standard InChI is InChI=1S/C11H9BrFN9O2/c12-6-3-5(1-2-7(6)13)15-10(17-23)9-8(18-24-19-9)4-22-11(14)16-20-21-22/h1-3,23H,4H2,(H,15,17)(H2,14,16,21). The first kappa shape index (κ1) is 15.8. The van der Waals surface area contributed by atoms with Crippen LogP contribution >= 0.6 is 15.9 Å². The van der Waals surface area contributed by atoms with E-state index in [0.29, 0.717) is 5.69 Å². The van der Waals surface area contributed by atoms with Gasteiger partial charge in [0.25, 0.3) is 0 Å². The smallest absolute Gasteiger partial charge is 0.240 e. The third-order valence-corrected chi connectivity index (χ3v) is 3.53. The molecule has 0 saturated carbocycles. The Labute approximate surface area is 141 Å². The Bertz CT molecular complexity index is 893. The number of hydrogen-bond acceptors (Lipinski definition) is 9. The number of anilines is 2. The number of oxime groups is 1. The summed E-state index contributed by atoms with van der Waals surface area (Å²) < 4.78 is 19.5. The summed E-state index contributed by atoms with van der Waals surface area (Å²) >= 11 is 3.07. The number of amidine groups is 1. The quantitative estimate of drug-likeness (QED) is 0.251. The van der Waals surface area contributed by atoms with Crippen molar-refractivity contribution in [1.29, 1.82) is 0 Å². The van der Waals surface area contributed by atoms with Crippen molar-refractivity contribution in [3.8, 4) is 0 Å². The van der Waals surface area contributed by atoms with E-state index in [9.17, 15) is 9.60 Å². The summed E-state index contributed by atoms with van der Waals surface area (Å²) in [6.07, 6.45) is 0. The Hall–Kier alpha value is -3.09. The summed E-state index contributed by atoms with van der Waals surface area (Å²) in [4.78, 5) is 0. The first-order valence-corrected chi connectivity index (χ1v) is 7.15. The fraction of sp³-hybridized carbons (Fsp3) is 0.0909. The van der Waals surface area contributed by atoms with E-state index in [1.807, 2.05) is 0 Å². The van der Waals surface area contributed by atoms with Gasteiger partial charge in [-0.2, -0.15) is 0 Å². The third kappa shape index (κ3) is 3.15. The third-order valence-electron chi connectivity index (χ3n) is 2.92. The highest BCUT2D eigenvalue weighted by atomic mass is 79.9. The normalized spacial score (nSPS) is 11.7. The molecule has 124 valence electrons. The maximum Gasteiger partial charge on any atom is 0.240 e. The van der Waals surface area contributed by atoms with Gasteiger partial charge in [-0.3, -0.25) is 0 Å². The number of aromatic nitrogens is 6. The first-order chi connectivity index (χ1) is 11.6. The summed E-state index contributed by atoms with van der Waals surface area (Å²) in [5.41, 5.74) is 6.43. The number of benzene rings is 1. The molecule has 0 unspecified atom stereocenters. The van der Waals surface area contributed by atoms with Gasteiger partial charge in [-0.25, -0.2) is 13.7 Å². The van der Waals surface area contributed by atoms with Crippen LogP contribution in [0.1, 0.15) is 11.4 Å². The number of hydrogen-bond donors (Lipinski definition) is 3. The molecule has 2 heterocycles. The maximum absolute atomic E-state index is 13.3. The topological polar surface area (TPSA) is 153 Å². The van der Waals surface area contributed by atoms with Crippen molar-refractivity contribution >= 4 is 33.4 Å². The number of nitrogens with two attached hydrogens (primary N) is 1. The van der Waals surface area contributed by atoms with Gasteiger partial charge in [-0.05, 0) is 49.7 Å². The van der Waals surface area contributed by atoms with Crippen LogP contribution in [-0.2, 0) is 6.54 Å². The van der Waals surface area contributed by atoms with Crippen LogP contribution in [0, 0.1) is 5.82 Å². The van der Waals surface area contributed by atoms with E-state index in [1.165, 1.54) is 22.9 Å². The molecule has 1 aromatic carbocycles. The van der Waals surface area contributed by atoms with Gasteiger partial charge in [0.1, 0.15) is 11.5 Å². The molecule has 0 spiro atoms. The average Bonchev–Trinajstić information content (AvgIpc) is 3.18. The Kier molecular flexibility index (Phi) is 4.33. The molecule has 0 amide bonds. The lowest BCUT2D eigenvalue weighted by Gasteiger charge is -2.07. The average molecular weight is 398 g/mol. The zero-order chi connectivity index (χ0) is 17.1. The number of halogens is 2. The molecular weight excluding hydrogens is 389 g/mol. The molecule has 3 rings (SSSR count). The molecular formula is C11H9BrFN9O2. The Morgan fingerprint density at radius 1 is 1.46 bits per heavy atom. The highest BCUT2D eigenvalue weighted by molar-refractivity contribution is 9.10. The van der Waals surface area contributed by atoms with E-state index < -0.39 is 5.82 Å². The molecule has 0 atom stereocenters. The van der Waals surface area contributed by atoms with Crippen LogP contribution in [0.5, 0.6) is 0 Å². The van der Waals surface area contributed by atoms with Crippen molar-refractivity contribution in [2.24, 2.45) is 5.16 Å². The van der Waals surface area contributed by atoms with Crippen molar-refractivity contribution in [1.82, 2.24) is 30.5 Å². The Balaban J connectivity index is 1.85. The minimum atomic E-state index is -0.430. The van der Waals surface area contributed by atoms with Gasteiger partial charge in [-0.15, -0.1) is 0 Å². The lowest BCUT2D eigenvalue weighted by Crippen LogP contribution is -2.18. The highest BCUT2D eigenvalue weighted by Gasteiger charge is 2.19. The lowest BCUT2D eigenvalue weighted by atomic mass is 10.2. The number of tetrazole rings is 1. The van der Waals surface area contributed by atoms with Crippen LogP contribution in [0.25, 0.3) is 0 Å². The second kappa shape index (κ2) is 6.57. The van der Waals surface area contributed by atoms with Gasteiger partial charge < -0.3 is 16.3 Å². The van der Waals surface area contributed by atoms with E-state index in [-0.39, 0.29) is 34.2 Å². The van der Waals surface area contributed by atoms with E-state index >= 15 is 0 Å². The number of nitrogens with one attached hydrogen (secondary N) is 1. The molecule has 13 heteroatoms. The van der Waals surface area contributed by atoms with Gasteiger partial charge in [0, 0.05) is 5.69 Å². The predicted octanol–water partition coefficient (Wildman–Crippen LogP) is 0.836. The molecule has 3 aromatic rings. The van der Waals surface area contributed by atoms with Crippen LogP contribution in [0.15, 0.2) is 32.5 Å². The highest BCUT2D eigenvalue weighted by Crippen LogP contribution is 2.21. The largest absolute Gasteiger partial charge is 0.409 e. The molecule has 0 aliphatic carbocycles. The van der Waals surface area contributed by atoms with Gasteiger partial charge in [0.2, 0.25) is 11.8 Å². The Morgan fingerprint density at radius 3 is 2.96 bits per heavy atom. The minimum absolute atomic E-state index is 0.0471. The van der Waals surface area contributed by atoms with Gasteiger partial charge >= 0.3 is 0 Å². The van der Waals surface area contributed by atoms with E-state index in [1.54, 1.807) is 0 Å². The van der Waals surface area contributed by atoms with Crippen molar-refractivity contribution in [3.63, 3.8) is 0 Å². The monoisotopic (exact) mass is 397 g/mol. The molecule has 0 aliphatic heterocycles. The molecule has 0 fully saturated rings. The van der Waals surface area contributed by atoms with Crippen molar-refractivity contribution in [2.45, 2.75) is 6.54 Å². The van der Waals surface area contributed by atoms with Crippen LogP contribution in [0.4, 0.5) is 16.0 Å². The molecule has 0 radical (unpaired) electrons. The summed E-state index contributed by atoms with van der Waals surface area (Å²) in [5, 5.41) is 33.2. The van der Waals surface area contributed by atoms with Gasteiger partial charge in [0.15, 0.2) is 5.69 Å². The lowest BCUT2D eigenvalue weighted by molar-refractivity contribution is 0.300. The zero-order valence-electron chi connectivity index (χ0n) is 11.8. The predicted molar refractivity (Wildman–Crippen MR) is 81.7 cm³/mol. The molecule has 0 saturated heterocycles. The van der Waals surface area contributed by atoms with E-state index in [0.717, 1.165) is 0 Å². The molecule has 11 nitrogen and oxygen atoms in total. The van der Waals surface area contributed by atoms with E-state index in [2.05, 4.69) is 56.9 Å². The van der Waals surface area contributed by atoms with Crippen molar-refractivity contribution in [3.05, 3.63) is 39.9 Å². The van der Waals surface area contributed by atoms with Gasteiger partial charge in [-0.1, -0.05) is 15.4 Å². The van der Waals surface area contributed by atoms with Crippen LogP contribution in [0.3, 0.4) is 0 Å². The second-order valence-corrected chi connectivity index (χ2v) is 5.31. The summed E-state index contributed by atoms with van der Waals surface area (Å²) in [6.45, 7) is 0.0471. The van der Waals surface area contributed by atoms with Crippen LogP contribution in [0.2, 0.25) is 0 Å². The summed E-state index contributed by atoms with van der Waals surface area (Å²) in [5.74, 6) is -0.417. The first-order valence-electron chi connectivity index (χ1n) is 6.36. The number of nitrogens with zero attached hydrogens (tertiary/aromatic N) is 7. The maximum atomic E-state index is 13.3. The fourth-order valence-corrected chi connectivity index (χ4v) is 2.18.